The van der Waals surface area contributed by atoms with Crippen molar-refractivity contribution in [3.8, 4) is 0 Å². The van der Waals surface area contributed by atoms with Crippen LogP contribution in [0.15, 0.2) is 174 Å². The van der Waals surface area contributed by atoms with Gasteiger partial charge in [0, 0.05) is 46.8 Å². The van der Waals surface area contributed by atoms with Crippen molar-refractivity contribution in [1.82, 2.24) is 19.9 Å². The summed E-state index contributed by atoms with van der Waals surface area (Å²) in [6.07, 6.45) is 2.86. The van der Waals surface area contributed by atoms with Crippen molar-refractivity contribution >= 4 is 60.3 Å². The predicted octanol–water partition coefficient (Wildman–Crippen LogP) is 14.1. The van der Waals surface area contributed by atoms with Crippen molar-refractivity contribution in [1.29, 1.82) is 0 Å². The molecule has 5 aromatic carbocycles. The van der Waals surface area contributed by atoms with E-state index in [1.54, 1.807) is 90.9 Å². The molecule has 13 nitrogen and oxygen atoms in total. The Morgan fingerprint density at radius 2 is 1.10 bits per heavy atom. The number of hydrogen-bond donors (Lipinski definition) is 1. The zero-order chi connectivity index (χ0) is 52.3. The highest BCUT2D eigenvalue weighted by atomic mass is 35.5. The van der Waals surface area contributed by atoms with E-state index >= 15 is 0 Å². The quantitative estimate of drug-likeness (QED) is 0.0250. The van der Waals surface area contributed by atoms with E-state index in [4.69, 9.17) is 46.3 Å². The van der Waals surface area contributed by atoms with E-state index in [0.29, 0.717) is 40.7 Å². The summed E-state index contributed by atoms with van der Waals surface area (Å²) in [5, 5.41) is 5.54. The Balaban J connectivity index is 0.000000274. The average Bonchev–Trinajstić information content (AvgIpc) is 3.71. The molecule has 2 heterocycles. The fourth-order valence-electron chi connectivity index (χ4n) is 6.56. The van der Waals surface area contributed by atoms with Crippen LogP contribution in [0.3, 0.4) is 0 Å². The second-order valence-corrected chi connectivity index (χ2v) is 23.9. The molecule has 2 aromatic heterocycles. The summed E-state index contributed by atoms with van der Waals surface area (Å²) in [5.41, 5.74) is -0.548. The Kier molecular flexibility index (Phi) is 21.9. The van der Waals surface area contributed by atoms with Crippen molar-refractivity contribution in [2.24, 2.45) is 0 Å². The number of imidazole rings is 1. The van der Waals surface area contributed by atoms with Crippen molar-refractivity contribution in [2.45, 2.75) is 74.6 Å². The minimum absolute atomic E-state index is 0.0669. The van der Waals surface area contributed by atoms with Gasteiger partial charge in [-0.2, -0.15) is 21.6 Å². The van der Waals surface area contributed by atoms with Crippen LogP contribution in [0.2, 0.25) is 10.0 Å². The first kappa shape index (κ1) is 57.6. The molecule has 0 fully saturated rings. The monoisotopic (exact) mass is 1120 g/mol. The van der Waals surface area contributed by atoms with E-state index in [1.165, 1.54) is 0 Å². The van der Waals surface area contributed by atoms with Crippen molar-refractivity contribution in [3.05, 3.63) is 213 Å². The van der Waals surface area contributed by atoms with Gasteiger partial charge in [-0.3, -0.25) is 18.3 Å². The Morgan fingerprint density at radius 3 is 1.52 bits per heavy atom. The zero-order valence-electron chi connectivity index (χ0n) is 39.6. The van der Waals surface area contributed by atoms with Gasteiger partial charge in [0.25, 0.3) is 0 Å². The summed E-state index contributed by atoms with van der Waals surface area (Å²) in [6, 6.07) is 45.6. The van der Waals surface area contributed by atoms with E-state index in [-0.39, 0.29) is 38.6 Å². The second-order valence-electron chi connectivity index (χ2n) is 16.3. The lowest BCUT2D eigenvalue weighted by Gasteiger charge is -2.19. The van der Waals surface area contributed by atoms with Crippen molar-refractivity contribution in [2.75, 3.05) is 19.2 Å². The van der Waals surface area contributed by atoms with Gasteiger partial charge in [-0.1, -0.05) is 170 Å². The Morgan fingerprint density at radius 1 is 0.658 bits per heavy atom. The number of nitrogens with one attached hydrogen (secondary N) is 1. The lowest BCUT2D eigenvalue weighted by molar-refractivity contribution is -0.0534. The van der Waals surface area contributed by atoms with Crippen LogP contribution in [0.4, 0.5) is 13.2 Å². The van der Waals surface area contributed by atoms with Crippen LogP contribution < -0.4 is 5.32 Å². The molecule has 22 heteroatoms. The molecule has 0 spiro atoms. The Bertz CT molecular complexity index is 2900. The van der Waals surface area contributed by atoms with Crippen LogP contribution in [0.5, 0.6) is 0 Å². The number of halogens is 5. The predicted molar refractivity (Wildman–Crippen MR) is 278 cm³/mol. The summed E-state index contributed by atoms with van der Waals surface area (Å²) >= 11 is 14.3. The third kappa shape index (κ3) is 18.9. The normalized spacial score (nSPS) is 12.2. The molecule has 0 aliphatic heterocycles. The summed E-state index contributed by atoms with van der Waals surface area (Å²) in [4.78, 5) is 10.2. The van der Waals surface area contributed by atoms with Gasteiger partial charge in [0.2, 0.25) is 0 Å². The first-order valence-electron chi connectivity index (χ1n) is 22.6. The maximum atomic E-state index is 13.9. The molecule has 7 aromatic rings. The summed E-state index contributed by atoms with van der Waals surface area (Å²) in [6.45, 7) is 5.28. The standard InChI is InChI=1S/C35H37Cl2N4O3PS.C16H16F3O6PS/c1-26(2)34-35(46-32-20-30(36)19-31(37)21-32)41(22-27-13-16-38-17-14-27)33(40-34)15-18-39-25-45(42,43-23-28-9-5-3-6-10-28)44-24-29-11-7-4-8-12-29;17-16(18,19)27(21,22)25-13-26(20,23-11-14-7-3-1-4-8-14)24-12-15-9-5-2-6-10-15/h3-14,16-17,19-21,26,39H,15,18,22-25H2,1-2H3;1-10H,11-13H2. The third-order valence-electron chi connectivity index (χ3n) is 10.3. The number of alkyl halides is 3. The molecule has 388 valence electrons. The molecule has 1 N–H and O–H groups in total. The molecule has 0 radical (unpaired) electrons. The third-order valence-corrected chi connectivity index (χ3v) is 16.1. The van der Waals surface area contributed by atoms with Crippen LogP contribution in [0.25, 0.3) is 0 Å². The molecule has 0 saturated heterocycles. The largest absolute Gasteiger partial charge is 0.523 e. The van der Waals surface area contributed by atoms with Crippen LogP contribution in [-0.4, -0.2) is 47.6 Å². The topological polar surface area (TPSA) is 157 Å². The molecule has 0 atom stereocenters. The van der Waals surface area contributed by atoms with Gasteiger partial charge >= 0.3 is 30.8 Å². The first-order chi connectivity index (χ1) is 34.9. The summed E-state index contributed by atoms with van der Waals surface area (Å²) in [5.74, 6) is 1.09. The van der Waals surface area contributed by atoms with Crippen LogP contribution in [-0.2, 0) is 80.9 Å². The summed E-state index contributed by atoms with van der Waals surface area (Å²) < 4.78 is 114. The molecule has 0 amide bonds. The molecule has 0 aliphatic carbocycles. The Labute approximate surface area is 437 Å². The first-order valence-corrected chi connectivity index (χ1v) is 29.0. The molecule has 7 rings (SSSR count). The van der Waals surface area contributed by atoms with Gasteiger partial charge in [0.15, 0.2) is 6.35 Å². The van der Waals surface area contributed by atoms with Gasteiger partial charge in [-0.05, 0) is 64.1 Å². The minimum atomic E-state index is -5.93. The number of benzene rings is 5. The van der Waals surface area contributed by atoms with Crippen LogP contribution >= 0.6 is 50.2 Å². The van der Waals surface area contributed by atoms with Gasteiger partial charge < -0.3 is 28.0 Å². The average molecular weight is 1120 g/mol. The number of hydrogen-bond acceptors (Lipinski definition) is 13. The van der Waals surface area contributed by atoms with E-state index < -0.39 is 37.2 Å². The van der Waals surface area contributed by atoms with E-state index in [9.17, 15) is 30.7 Å². The lowest BCUT2D eigenvalue weighted by Crippen LogP contribution is -2.26. The molecule has 0 unspecified atom stereocenters. The number of rotatable bonds is 25. The van der Waals surface area contributed by atoms with E-state index in [2.05, 4.69) is 32.9 Å². The lowest BCUT2D eigenvalue weighted by atomic mass is 10.1. The number of pyridine rings is 1. The smallest absolute Gasteiger partial charge is 0.318 e. The van der Waals surface area contributed by atoms with E-state index in [0.717, 1.165) is 38.1 Å². The van der Waals surface area contributed by atoms with Gasteiger partial charge in [-0.25, -0.2) is 4.98 Å². The number of nitrogens with zero attached hydrogens (tertiary/aromatic N) is 3. The molecular weight excluding hydrogens is 1070 g/mol. The van der Waals surface area contributed by atoms with E-state index in [1.807, 2.05) is 84.9 Å². The fraction of sp³-hybridized carbons (Fsp3) is 0.255. The van der Waals surface area contributed by atoms with Gasteiger partial charge in [0.1, 0.15) is 10.9 Å². The second kappa shape index (κ2) is 27.8. The molecule has 0 bridgehead atoms. The highest BCUT2D eigenvalue weighted by Gasteiger charge is 2.48. The van der Waals surface area contributed by atoms with Gasteiger partial charge in [0.05, 0.1) is 38.4 Å². The van der Waals surface area contributed by atoms with Crippen molar-refractivity contribution in [3.63, 3.8) is 0 Å². The molecule has 0 aliphatic rings. The molecular formula is C51H53Cl2F3N4O9P2S2. The summed E-state index contributed by atoms with van der Waals surface area (Å²) in [7, 11) is -13.7. The minimum Gasteiger partial charge on any atom is -0.318 e. The maximum Gasteiger partial charge on any atom is 0.523 e. The molecule has 73 heavy (non-hydrogen) atoms. The maximum absolute atomic E-state index is 13.9. The fourth-order valence-corrected chi connectivity index (χ4v) is 12.0. The van der Waals surface area contributed by atoms with Crippen LogP contribution in [0, 0.1) is 0 Å². The Hall–Kier alpha value is -4.65. The highest BCUT2D eigenvalue weighted by Crippen LogP contribution is 2.51. The molecule has 0 saturated carbocycles. The number of aromatic nitrogens is 3. The van der Waals surface area contributed by atoms with Crippen LogP contribution in [0.1, 0.15) is 59.1 Å². The van der Waals surface area contributed by atoms with Gasteiger partial charge in [-0.15, -0.1) is 0 Å². The zero-order valence-corrected chi connectivity index (χ0v) is 44.6. The van der Waals surface area contributed by atoms with Crippen molar-refractivity contribution < 1.29 is 53.0 Å². The highest BCUT2D eigenvalue weighted by molar-refractivity contribution is 7.99. The SMILES string of the molecule is CC(C)c1nc(CCNCP(=O)(OCc2ccccc2)OCc2ccccc2)n(Cc2ccncc2)c1Sc1cc(Cl)cc(Cl)c1.O=P(COS(=O)(=O)C(F)(F)F)(OCc1ccccc1)OCc1ccccc1.